The molecular formula is C15H19NO. The van der Waals surface area contributed by atoms with Gasteiger partial charge in [0, 0.05) is 24.3 Å². The number of hydrogen-bond acceptors (Lipinski definition) is 2. The second-order valence-corrected chi connectivity index (χ2v) is 5.39. The van der Waals surface area contributed by atoms with E-state index in [0.29, 0.717) is 0 Å². The van der Waals surface area contributed by atoms with Gasteiger partial charge in [0.1, 0.15) is 0 Å². The molecule has 0 bridgehead atoms. The molecule has 0 atom stereocenters. The largest absolute Gasteiger partial charge is 0.371 e. The van der Waals surface area contributed by atoms with E-state index in [0.717, 1.165) is 24.4 Å². The molecule has 2 aliphatic rings. The second kappa shape index (κ2) is 4.17. The van der Waals surface area contributed by atoms with E-state index in [9.17, 15) is 4.79 Å². The number of carbonyl (C=O) groups is 1. The van der Waals surface area contributed by atoms with Crippen molar-refractivity contribution in [2.45, 2.75) is 32.6 Å². The van der Waals surface area contributed by atoms with Gasteiger partial charge in [0.25, 0.3) is 0 Å². The number of Topliss-reactive ketones (excluding diaryl/α,β-unsaturated/α-hetero) is 1. The van der Waals surface area contributed by atoms with Crippen LogP contribution in [-0.2, 0) is 6.42 Å². The van der Waals surface area contributed by atoms with Gasteiger partial charge < -0.3 is 4.90 Å². The highest BCUT2D eigenvalue weighted by atomic mass is 16.1. The predicted octanol–water partition coefficient (Wildman–Crippen LogP) is 3.05. The third kappa shape index (κ3) is 1.97. The summed E-state index contributed by atoms with van der Waals surface area (Å²) in [5.41, 5.74) is 3.57. The summed E-state index contributed by atoms with van der Waals surface area (Å²) in [5.74, 6) is 1.06. The molecule has 90 valence electrons. The van der Waals surface area contributed by atoms with E-state index >= 15 is 0 Å². The van der Waals surface area contributed by atoms with E-state index < -0.39 is 0 Å². The van der Waals surface area contributed by atoms with Crippen molar-refractivity contribution in [3.8, 4) is 0 Å². The molecule has 0 spiro atoms. The SMILES string of the molecule is CC(=O)c1ccc2c(c1)N(CC1CCC1)CC2. The fourth-order valence-electron chi connectivity index (χ4n) is 2.84. The molecule has 0 unspecified atom stereocenters. The molecule has 1 aliphatic heterocycles. The second-order valence-electron chi connectivity index (χ2n) is 5.39. The summed E-state index contributed by atoms with van der Waals surface area (Å²) in [6.07, 6.45) is 5.32. The molecule has 2 heteroatoms. The molecular weight excluding hydrogens is 210 g/mol. The first-order chi connectivity index (χ1) is 8.24. The molecule has 3 rings (SSSR count). The van der Waals surface area contributed by atoms with Crippen molar-refractivity contribution in [2.75, 3.05) is 18.0 Å². The van der Waals surface area contributed by atoms with Crippen LogP contribution in [0.15, 0.2) is 18.2 Å². The molecule has 0 N–H and O–H groups in total. The van der Waals surface area contributed by atoms with Gasteiger partial charge in [-0.25, -0.2) is 0 Å². The number of fused-ring (bicyclic) bond motifs is 1. The average Bonchev–Trinajstić information content (AvgIpc) is 2.65. The number of benzene rings is 1. The fourth-order valence-corrected chi connectivity index (χ4v) is 2.84. The maximum Gasteiger partial charge on any atom is 0.159 e. The first kappa shape index (κ1) is 10.8. The highest BCUT2D eigenvalue weighted by Gasteiger charge is 2.25. The summed E-state index contributed by atoms with van der Waals surface area (Å²) < 4.78 is 0. The highest BCUT2D eigenvalue weighted by Crippen LogP contribution is 2.34. The molecule has 1 aliphatic carbocycles. The lowest BCUT2D eigenvalue weighted by atomic mass is 9.85. The number of carbonyl (C=O) groups excluding carboxylic acids is 1. The molecule has 17 heavy (non-hydrogen) atoms. The summed E-state index contributed by atoms with van der Waals surface area (Å²) in [6, 6.07) is 6.18. The third-order valence-electron chi connectivity index (χ3n) is 4.19. The van der Waals surface area contributed by atoms with E-state index in [1.54, 1.807) is 6.92 Å². The monoisotopic (exact) mass is 229 g/mol. The van der Waals surface area contributed by atoms with Crippen LogP contribution in [0, 0.1) is 5.92 Å². The number of anilines is 1. The van der Waals surface area contributed by atoms with Gasteiger partial charge in [0.15, 0.2) is 5.78 Å². The molecule has 1 aromatic rings. The Morgan fingerprint density at radius 2 is 2.24 bits per heavy atom. The van der Waals surface area contributed by atoms with Crippen LogP contribution >= 0.6 is 0 Å². The summed E-state index contributed by atoms with van der Waals surface area (Å²) in [6.45, 7) is 3.97. The normalized spacial score (nSPS) is 19.0. The quantitative estimate of drug-likeness (QED) is 0.742. The van der Waals surface area contributed by atoms with Crippen LogP contribution < -0.4 is 4.90 Å². The minimum Gasteiger partial charge on any atom is -0.371 e. The number of nitrogens with zero attached hydrogens (tertiary/aromatic N) is 1. The van der Waals surface area contributed by atoms with E-state index in [4.69, 9.17) is 0 Å². The molecule has 2 nitrogen and oxygen atoms in total. The van der Waals surface area contributed by atoms with Crippen LogP contribution in [0.3, 0.4) is 0 Å². The minimum atomic E-state index is 0.170. The zero-order valence-corrected chi connectivity index (χ0v) is 10.4. The lowest BCUT2D eigenvalue weighted by Gasteiger charge is -2.31. The van der Waals surface area contributed by atoms with Gasteiger partial charge >= 0.3 is 0 Å². The minimum absolute atomic E-state index is 0.170. The molecule has 0 saturated heterocycles. The van der Waals surface area contributed by atoms with E-state index in [-0.39, 0.29) is 5.78 Å². The summed E-state index contributed by atoms with van der Waals surface area (Å²) >= 11 is 0. The Bertz CT molecular complexity index is 448. The van der Waals surface area contributed by atoms with Crippen molar-refractivity contribution in [2.24, 2.45) is 5.92 Å². The fraction of sp³-hybridized carbons (Fsp3) is 0.533. The van der Waals surface area contributed by atoms with Crippen molar-refractivity contribution >= 4 is 11.5 Å². The molecule has 1 heterocycles. The lowest BCUT2D eigenvalue weighted by molar-refractivity contribution is 0.101. The van der Waals surface area contributed by atoms with Crippen LogP contribution in [0.4, 0.5) is 5.69 Å². The summed E-state index contributed by atoms with van der Waals surface area (Å²) in [5, 5.41) is 0. The Morgan fingerprint density at radius 1 is 1.41 bits per heavy atom. The van der Waals surface area contributed by atoms with E-state index in [1.165, 1.54) is 37.1 Å². The molecule has 1 fully saturated rings. The van der Waals surface area contributed by atoms with Crippen LogP contribution in [0.25, 0.3) is 0 Å². The highest BCUT2D eigenvalue weighted by molar-refractivity contribution is 5.95. The number of rotatable bonds is 3. The summed E-state index contributed by atoms with van der Waals surface area (Å²) in [7, 11) is 0. The number of ketones is 1. The Morgan fingerprint density at radius 3 is 2.88 bits per heavy atom. The molecule has 0 radical (unpaired) electrons. The van der Waals surface area contributed by atoms with Crippen molar-refractivity contribution in [3.63, 3.8) is 0 Å². The first-order valence-corrected chi connectivity index (χ1v) is 6.63. The Hall–Kier alpha value is -1.31. The number of hydrogen-bond donors (Lipinski definition) is 0. The zero-order chi connectivity index (χ0) is 11.8. The van der Waals surface area contributed by atoms with Gasteiger partial charge in [-0.1, -0.05) is 18.6 Å². The van der Waals surface area contributed by atoms with Crippen LogP contribution in [0.2, 0.25) is 0 Å². The van der Waals surface area contributed by atoms with Gasteiger partial charge in [-0.2, -0.15) is 0 Å². The Balaban J connectivity index is 1.83. The van der Waals surface area contributed by atoms with Gasteiger partial charge in [-0.15, -0.1) is 0 Å². The van der Waals surface area contributed by atoms with Crippen molar-refractivity contribution in [1.29, 1.82) is 0 Å². The Kier molecular flexibility index (Phi) is 2.65. The van der Waals surface area contributed by atoms with Crippen molar-refractivity contribution in [1.82, 2.24) is 0 Å². The molecule has 0 aromatic heterocycles. The molecule has 0 amide bonds. The topological polar surface area (TPSA) is 20.3 Å². The van der Waals surface area contributed by atoms with Crippen molar-refractivity contribution < 1.29 is 4.79 Å². The van der Waals surface area contributed by atoms with E-state index in [2.05, 4.69) is 17.0 Å². The molecule has 1 saturated carbocycles. The maximum atomic E-state index is 11.4. The third-order valence-corrected chi connectivity index (χ3v) is 4.19. The first-order valence-electron chi connectivity index (χ1n) is 6.63. The smallest absolute Gasteiger partial charge is 0.159 e. The Labute approximate surface area is 103 Å². The lowest BCUT2D eigenvalue weighted by Crippen LogP contribution is -2.31. The average molecular weight is 229 g/mol. The maximum absolute atomic E-state index is 11.4. The van der Waals surface area contributed by atoms with Gasteiger partial charge in [-0.05, 0) is 43.7 Å². The predicted molar refractivity (Wildman–Crippen MR) is 69.7 cm³/mol. The standard InChI is InChI=1S/C15H19NO/c1-11(17)14-6-5-13-7-8-16(15(13)9-14)10-12-3-2-4-12/h5-6,9,12H,2-4,7-8,10H2,1H3. The zero-order valence-electron chi connectivity index (χ0n) is 10.4. The van der Waals surface area contributed by atoms with Crippen LogP contribution in [0.1, 0.15) is 42.1 Å². The van der Waals surface area contributed by atoms with Crippen LogP contribution in [0.5, 0.6) is 0 Å². The van der Waals surface area contributed by atoms with E-state index in [1.807, 2.05) is 6.07 Å². The van der Waals surface area contributed by atoms with Crippen LogP contribution in [-0.4, -0.2) is 18.9 Å². The van der Waals surface area contributed by atoms with Gasteiger partial charge in [0.2, 0.25) is 0 Å². The van der Waals surface area contributed by atoms with Gasteiger partial charge in [0.05, 0.1) is 0 Å². The summed E-state index contributed by atoms with van der Waals surface area (Å²) in [4.78, 5) is 13.9. The molecule has 1 aromatic carbocycles. The van der Waals surface area contributed by atoms with Crippen molar-refractivity contribution in [3.05, 3.63) is 29.3 Å². The van der Waals surface area contributed by atoms with Gasteiger partial charge in [-0.3, -0.25) is 4.79 Å².